The van der Waals surface area contributed by atoms with Gasteiger partial charge < -0.3 is 15.0 Å². The molecule has 2 heterocycles. The number of benzene rings is 2. The predicted molar refractivity (Wildman–Crippen MR) is 135 cm³/mol. The number of ether oxygens (including phenoxy) is 1. The molecular formula is C28H36FN3O3. The molecule has 2 saturated heterocycles. The van der Waals surface area contributed by atoms with Crippen molar-refractivity contribution in [1.29, 1.82) is 0 Å². The maximum absolute atomic E-state index is 13.3. The van der Waals surface area contributed by atoms with Crippen molar-refractivity contribution in [2.75, 3.05) is 38.2 Å². The molecule has 6 nitrogen and oxygen atoms in total. The fourth-order valence-corrected chi connectivity index (χ4v) is 5.35. The standard InChI is InChI=1S/C28H36FN3O3/c1-35-28(34)26-7-2-3-16-32(26)25-13-17-31(18-14-25)24-10-8-22(9-11-24)20-27(33)30-15-12-21-5-4-6-23(29)19-21/h4-6,8-11,19,25-26H,2-3,7,12-18,20H2,1H3,(H,30,33). The van der Waals surface area contributed by atoms with Crippen LogP contribution < -0.4 is 10.2 Å². The highest BCUT2D eigenvalue weighted by atomic mass is 19.1. The van der Waals surface area contributed by atoms with Crippen LogP contribution in [0.5, 0.6) is 0 Å². The molecule has 1 amide bonds. The fraction of sp³-hybridized carbons (Fsp3) is 0.500. The second-order valence-electron chi connectivity index (χ2n) is 9.56. The van der Waals surface area contributed by atoms with Crippen LogP contribution in [0.3, 0.4) is 0 Å². The van der Waals surface area contributed by atoms with Gasteiger partial charge in [0.2, 0.25) is 5.91 Å². The Labute approximate surface area is 207 Å². The first-order chi connectivity index (χ1) is 17.0. The maximum Gasteiger partial charge on any atom is 0.323 e. The number of methoxy groups -OCH3 is 1. The highest BCUT2D eigenvalue weighted by Gasteiger charge is 2.35. The first-order valence-electron chi connectivity index (χ1n) is 12.7. The number of likely N-dealkylation sites (tertiary alicyclic amines) is 1. The molecule has 2 fully saturated rings. The monoisotopic (exact) mass is 481 g/mol. The molecule has 2 aromatic carbocycles. The number of carbonyl (C=O) groups is 2. The quantitative estimate of drug-likeness (QED) is 0.583. The summed E-state index contributed by atoms with van der Waals surface area (Å²) in [5.41, 5.74) is 3.02. The van der Waals surface area contributed by atoms with Crippen molar-refractivity contribution < 1.29 is 18.7 Å². The Morgan fingerprint density at radius 3 is 2.49 bits per heavy atom. The van der Waals surface area contributed by atoms with Crippen LogP contribution in [0.25, 0.3) is 0 Å². The highest BCUT2D eigenvalue weighted by Crippen LogP contribution is 2.28. The number of hydrogen-bond acceptors (Lipinski definition) is 5. The van der Waals surface area contributed by atoms with Gasteiger partial charge in [0.1, 0.15) is 11.9 Å². The third kappa shape index (κ3) is 6.82. The first-order valence-corrected chi connectivity index (χ1v) is 12.7. The lowest BCUT2D eigenvalue weighted by atomic mass is 9.94. The summed E-state index contributed by atoms with van der Waals surface area (Å²) in [4.78, 5) is 29.3. The van der Waals surface area contributed by atoms with Gasteiger partial charge >= 0.3 is 5.97 Å². The summed E-state index contributed by atoms with van der Waals surface area (Å²) < 4.78 is 18.3. The van der Waals surface area contributed by atoms with Crippen LogP contribution in [0.1, 0.15) is 43.2 Å². The number of rotatable bonds is 8. The van der Waals surface area contributed by atoms with Crippen molar-refractivity contribution in [3.63, 3.8) is 0 Å². The molecule has 188 valence electrons. The molecule has 1 atom stereocenters. The Kier molecular flexibility index (Phi) is 8.74. The molecule has 0 bridgehead atoms. The lowest BCUT2D eigenvalue weighted by Crippen LogP contribution is -2.53. The number of halogens is 1. The zero-order valence-electron chi connectivity index (χ0n) is 20.5. The summed E-state index contributed by atoms with van der Waals surface area (Å²) in [5.74, 6) is -0.382. The van der Waals surface area contributed by atoms with Crippen molar-refractivity contribution in [3.8, 4) is 0 Å². The predicted octanol–water partition coefficient (Wildman–Crippen LogP) is 3.72. The maximum atomic E-state index is 13.3. The summed E-state index contributed by atoms with van der Waals surface area (Å²) in [5, 5.41) is 2.92. The Balaban J connectivity index is 1.22. The molecule has 2 aliphatic heterocycles. The average Bonchev–Trinajstić information content (AvgIpc) is 2.89. The normalized spacial score (nSPS) is 19.4. The van der Waals surface area contributed by atoms with Crippen LogP contribution in [0.4, 0.5) is 10.1 Å². The van der Waals surface area contributed by atoms with E-state index in [4.69, 9.17) is 4.74 Å². The van der Waals surface area contributed by atoms with Crippen LogP contribution >= 0.6 is 0 Å². The molecule has 4 rings (SSSR count). The van der Waals surface area contributed by atoms with Gasteiger partial charge in [0.15, 0.2) is 0 Å². The third-order valence-electron chi connectivity index (χ3n) is 7.24. The molecule has 7 heteroatoms. The lowest BCUT2D eigenvalue weighted by Gasteiger charge is -2.44. The second kappa shape index (κ2) is 12.2. The van der Waals surface area contributed by atoms with E-state index in [1.165, 1.54) is 24.9 Å². The zero-order chi connectivity index (χ0) is 24.6. The van der Waals surface area contributed by atoms with E-state index < -0.39 is 0 Å². The summed E-state index contributed by atoms with van der Waals surface area (Å²) in [6.07, 6.45) is 6.13. The Morgan fingerprint density at radius 1 is 1.00 bits per heavy atom. The number of carbonyl (C=O) groups excluding carboxylic acids is 2. The summed E-state index contributed by atoms with van der Waals surface area (Å²) in [7, 11) is 1.48. The number of esters is 1. The van der Waals surface area contributed by atoms with Gasteiger partial charge in [-0.05, 0) is 74.0 Å². The molecule has 35 heavy (non-hydrogen) atoms. The Bertz CT molecular complexity index is 989. The number of hydrogen-bond donors (Lipinski definition) is 1. The average molecular weight is 482 g/mol. The number of nitrogens with zero attached hydrogens (tertiary/aromatic N) is 2. The number of nitrogens with one attached hydrogen (secondary N) is 1. The molecule has 2 aliphatic rings. The number of piperidine rings is 2. The minimum absolute atomic E-state index is 0.0309. The first kappa shape index (κ1) is 25.2. The highest BCUT2D eigenvalue weighted by molar-refractivity contribution is 5.78. The van der Waals surface area contributed by atoms with Gasteiger partial charge in [-0.15, -0.1) is 0 Å². The number of anilines is 1. The van der Waals surface area contributed by atoms with Gasteiger partial charge in [0.05, 0.1) is 13.5 Å². The minimum Gasteiger partial charge on any atom is -0.468 e. The van der Waals surface area contributed by atoms with Gasteiger partial charge in [-0.25, -0.2) is 4.39 Å². The molecule has 0 aliphatic carbocycles. The van der Waals surface area contributed by atoms with E-state index in [0.717, 1.165) is 62.9 Å². The van der Waals surface area contributed by atoms with Crippen molar-refractivity contribution in [3.05, 3.63) is 65.5 Å². The van der Waals surface area contributed by atoms with Gasteiger partial charge in [0, 0.05) is 31.4 Å². The van der Waals surface area contributed by atoms with E-state index in [2.05, 4.69) is 27.2 Å². The molecular weight excluding hydrogens is 445 g/mol. The van der Waals surface area contributed by atoms with Crippen molar-refractivity contribution in [2.45, 2.75) is 57.0 Å². The molecule has 0 spiro atoms. The van der Waals surface area contributed by atoms with E-state index in [0.29, 0.717) is 25.4 Å². The molecule has 0 saturated carbocycles. The topological polar surface area (TPSA) is 61.9 Å². The van der Waals surface area contributed by atoms with Crippen LogP contribution in [0.2, 0.25) is 0 Å². The summed E-state index contributed by atoms with van der Waals surface area (Å²) in [6, 6.07) is 15.0. The lowest BCUT2D eigenvalue weighted by molar-refractivity contribution is -0.149. The van der Waals surface area contributed by atoms with Crippen molar-refractivity contribution >= 4 is 17.6 Å². The molecule has 0 radical (unpaired) electrons. The van der Waals surface area contributed by atoms with Gasteiger partial charge in [-0.3, -0.25) is 14.5 Å². The number of amides is 1. The summed E-state index contributed by atoms with van der Waals surface area (Å²) >= 11 is 0. The third-order valence-corrected chi connectivity index (χ3v) is 7.24. The minimum atomic E-state index is -0.255. The van der Waals surface area contributed by atoms with Crippen LogP contribution in [-0.2, 0) is 27.2 Å². The second-order valence-corrected chi connectivity index (χ2v) is 9.56. The van der Waals surface area contributed by atoms with Crippen LogP contribution in [0, 0.1) is 5.82 Å². The Hall–Kier alpha value is -2.93. The van der Waals surface area contributed by atoms with Gasteiger partial charge in [-0.1, -0.05) is 30.7 Å². The smallest absolute Gasteiger partial charge is 0.323 e. The fourth-order valence-electron chi connectivity index (χ4n) is 5.35. The largest absolute Gasteiger partial charge is 0.468 e. The van der Waals surface area contributed by atoms with E-state index in [1.807, 2.05) is 18.2 Å². The van der Waals surface area contributed by atoms with E-state index in [-0.39, 0.29) is 23.7 Å². The van der Waals surface area contributed by atoms with E-state index >= 15 is 0 Å². The molecule has 0 aromatic heterocycles. The SMILES string of the molecule is COC(=O)C1CCCCN1C1CCN(c2ccc(CC(=O)NCCc3cccc(F)c3)cc2)CC1. The molecule has 1 unspecified atom stereocenters. The van der Waals surface area contributed by atoms with Gasteiger partial charge in [-0.2, -0.15) is 0 Å². The van der Waals surface area contributed by atoms with E-state index in [1.54, 1.807) is 6.07 Å². The van der Waals surface area contributed by atoms with Crippen LogP contribution in [-0.4, -0.2) is 62.1 Å². The zero-order valence-corrected chi connectivity index (χ0v) is 20.5. The molecule has 1 N–H and O–H groups in total. The Morgan fingerprint density at radius 2 is 1.77 bits per heavy atom. The molecule has 2 aromatic rings. The van der Waals surface area contributed by atoms with Gasteiger partial charge in [0.25, 0.3) is 0 Å². The van der Waals surface area contributed by atoms with Crippen molar-refractivity contribution in [1.82, 2.24) is 10.2 Å². The van der Waals surface area contributed by atoms with Crippen molar-refractivity contribution in [2.24, 2.45) is 0 Å². The van der Waals surface area contributed by atoms with E-state index in [9.17, 15) is 14.0 Å². The summed E-state index contributed by atoms with van der Waals surface area (Å²) in [6.45, 7) is 3.37. The van der Waals surface area contributed by atoms with Crippen LogP contribution in [0.15, 0.2) is 48.5 Å².